The third-order valence-electron chi connectivity index (χ3n) is 3.44. The van der Waals surface area contributed by atoms with Crippen molar-refractivity contribution >= 4 is 23.3 Å². The van der Waals surface area contributed by atoms with Gasteiger partial charge in [-0.05, 0) is 26.8 Å². The summed E-state index contributed by atoms with van der Waals surface area (Å²) < 4.78 is 0. The van der Waals surface area contributed by atoms with Gasteiger partial charge in [0, 0.05) is 18.7 Å². The first-order valence-electron chi connectivity index (χ1n) is 6.21. The Hall–Kier alpha value is -2.44. The summed E-state index contributed by atoms with van der Waals surface area (Å²) in [7, 11) is 0. The molecule has 0 N–H and O–H groups in total. The van der Waals surface area contributed by atoms with Crippen molar-refractivity contribution in [2.75, 3.05) is 11.4 Å². The maximum Gasteiger partial charge on any atom is 0.332 e. The van der Waals surface area contributed by atoms with Crippen LogP contribution in [0, 0.1) is 10.1 Å². The Balaban J connectivity index is 2.48. The normalized spacial score (nSPS) is 17.8. The number of rotatable bonds is 3. The molecule has 20 heavy (non-hydrogen) atoms. The van der Waals surface area contributed by atoms with Crippen LogP contribution in [0.15, 0.2) is 24.3 Å². The molecule has 0 radical (unpaired) electrons. The smallest absolute Gasteiger partial charge is 0.310 e. The number of hydrogen-bond acceptors (Lipinski definition) is 4. The van der Waals surface area contributed by atoms with E-state index in [4.69, 9.17) is 0 Å². The molecule has 0 atom stereocenters. The molecule has 0 aromatic heterocycles. The quantitative estimate of drug-likeness (QED) is 0.481. The minimum absolute atomic E-state index is 0.157. The lowest BCUT2D eigenvalue weighted by Crippen LogP contribution is -2.43. The molecule has 106 valence electrons. The first kappa shape index (κ1) is 14.0. The van der Waals surface area contributed by atoms with Crippen molar-refractivity contribution in [1.29, 1.82) is 0 Å². The van der Waals surface area contributed by atoms with Crippen LogP contribution >= 0.6 is 0 Å². The largest absolute Gasteiger partial charge is 0.332 e. The van der Waals surface area contributed by atoms with Crippen LogP contribution in [0.2, 0.25) is 0 Å². The van der Waals surface area contributed by atoms with Crippen LogP contribution in [-0.4, -0.2) is 33.8 Å². The van der Waals surface area contributed by atoms with Gasteiger partial charge < -0.3 is 4.90 Å². The van der Waals surface area contributed by atoms with Crippen molar-refractivity contribution in [2.24, 2.45) is 0 Å². The summed E-state index contributed by atoms with van der Waals surface area (Å²) in [6.07, 6.45) is 0. The Kier molecular flexibility index (Phi) is 3.21. The van der Waals surface area contributed by atoms with Gasteiger partial charge in [0.15, 0.2) is 0 Å². The predicted octanol–water partition coefficient (Wildman–Crippen LogP) is 2.16. The van der Waals surface area contributed by atoms with Gasteiger partial charge in [-0.2, -0.15) is 0 Å². The number of benzene rings is 1. The van der Waals surface area contributed by atoms with Gasteiger partial charge in [-0.1, -0.05) is 6.07 Å². The van der Waals surface area contributed by atoms with Crippen LogP contribution in [0.3, 0.4) is 0 Å². The minimum Gasteiger partial charge on any atom is -0.310 e. The lowest BCUT2D eigenvalue weighted by molar-refractivity contribution is -0.384. The standard InChI is InChI=1S/C13H15N3O4/c1-4-14-12(18)15(11(17)13(14,2)3)9-6-5-7-10(8-9)16(19)20/h5-8H,4H2,1-3H3. The molecule has 7 nitrogen and oxygen atoms in total. The molecule has 1 aliphatic heterocycles. The van der Waals surface area contributed by atoms with E-state index >= 15 is 0 Å². The Labute approximate surface area is 115 Å². The number of carbonyl (C=O) groups is 2. The maximum atomic E-state index is 12.4. The highest BCUT2D eigenvalue weighted by Crippen LogP contribution is 2.32. The highest BCUT2D eigenvalue weighted by Gasteiger charge is 2.51. The molecule has 1 aliphatic rings. The van der Waals surface area contributed by atoms with E-state index in [2.05, 4.69) is 0 Å². The molecule has 0 spiro atoms. The Bertz CT molecular complexity index is 597. The van der Waals surface area contributed by atoms with E-state index in [0.29, 0.717) is 6.54 Å². The highest BCUT2D eigenvalue weighted by molar-refractivity contribution is 6.23. The monoisotopic (exact) mass is 277 g/mol. The molecule has 1 aromatic carbocycles. The molecule has 1 aromatic rings. The number of amides is 3. The highest BCUT2D eigenvalue weighted by atomic mass is 16.6. The van der Waals surface area contributed by atoms with E-state index in [1.807, 2.05) is 0 Å². The molecule has 1 heterocycles. The summed E-state index contributed by atoms with van der Waals surface area (Å²) in [5.41, 5.74) is -0.884. The van der Waals surface area contributed by atoms with Crippen molar-refractivity contribution in [3.63, 3.8) is 0 Å². The predicted molar refractivity (Wildman–Crippen MR) is 72.4 cm³/mol. The molecule has 0 aliphatic carbocycles. The molecular formula is C13H15N3O4. The van der Waals surface area contributed by atoms with Crippen molar-refractivity contribution in [1.82, 2.24) is 4.90 Å². The molecule has 0 unspecified atom stereocenters. The molecule has 1 fully saturated rings. The molecular weight excluding hydrogens is 262 g/mol. The Morgan fingerprint density at radius 3 is 2.45 bits per heavy atom. The number of nitrogens with zero attached hydrogens (tertiary/aromatic N) is 3. The number of nitro groups is 1. The number of likely N-dealkylation sites (N-methyl/N-ethyl adjacent to an activating group) is 1. The Morgan fingerprint density at radius 2 is 1.95 bits per heavy atom. The molecule has 0 saturated carbocycles. The lowest BCUT2D eigenvalue weighted by Gasteiger charge is -2.25. The van der Waals surface area contributed by atoms with Crippen LogP contribution in [-0.2, 0) is 4.79 Å². The summed E-state index contributed by atoms with van der Waals surface area (Å²) in [5, 5.41) is 10.8. The molecule has 0 bridgehead atoms. The van der Waals surface area contributed by atoms with E-state index in [9.17, 15) is 19.7 Å². The molecule has 2 rings (SSSR count). The average Bonchev–Trinajstić information content (AvgIpc) is 2.56. The summed E-state index contributed by atoms with van der Waals surface area (Å²) in [4.78, 5) is 37.3. The van der Waals surface area contributed by atoms with E-state index in [1.165, 1.54) is 29.2 Å². The van der Waals surface area contributed by atoms with Gasteiger partial charge in [0.05, 0.1) is 10.6 Å². The summed E-state index contributed by atoms with van der Waals surface area (Å²) >= 11 is 0. The van der Waals surface area contributed by atoms with Crippen LogP contribution in [0.4, 0.5) is 16.2 Å². The first-order chi connectivity index (χ1) is 9.30. The minimum atomic E-state index is -0.948. The van der Waals surface area contributed by atoms with Gasteiger partial charge in [-0.3, -0.25) is 14.9 Å². The van der Waals surface area contributed by atoms with Crippen molar-refractivity contribution in [3.05, 3.63) is 34.4 Å². The van der Waals surface area contributed by atoms with E-state index in [1.54, 1.807) is 20.8 Å². The van der Waals surface area contributed by atoms with E-state index in [-0.39, 0.29) is 17.3 Å². The van der Waals surface area contributed by atoms with Crippen LogP contribution < -0.4 is 4.90 Å². The third kappa shape index (κ3) is 1.91. The zero-order valence-electron chi connectivity index (χ0n) is 11.5. The number of hydrogen-bond donors (Lipinski definition) is 0. The Morgan fingerprint density at radius 1 is 1.30 bits per heavy atom. The maximum absolute atomic E-state index is 12.4. The second-order valence-corrected chi connectivity index (χ2v) is 5.00. The zero-order valence-corrected chi connectivity index (χ0v) is 11.5. The topological polar surface area (TPSA) is 83.8 Å². The summed E-state index contributed by atoms with van der Waals surface area (Å²) in [6.45, 7) is 5.50. The fourth-order valence-corrected chi connectivity index (χ4v) is 2.34. The number of nitro benzene ring substituents is 1. The number of urea groups is 1. The van der Waals surface area contributed by atoms with Crippen molar-refractivity contribution in [2.45, 2.75) is 26.3 Å². The van der Waals surface area contributed by atoms with E-state index in [0.717, 1.165) is 4.90 Å². The van der Waals surface area contributed by atoms with Crippen molar-refractivity contribution < 1.29 is 14.5 Å². The summed E-state index contributed by atoms with van der Waals surface area (Å²) in [6, 6.07) is 5.05. The fourth-order valence-electron chi connectivity index (χ4n) is 2.34. The number of carbonyl (C=O) groups excluding carboxylic acids is 2. The molecule has 1 saturated heterocycles. The van der Waals surface area contributed by atoms with Gasteiger partial charge in [0.2, 0.25) is 0 Å². The first-order valence-corrected chi connectivity index (χ1v) is 6.21. The molecule has 3 amide bonds. The summed E-state index contributed by atoms with van der Waals surface area (Å²) in [5.74, 6) is -0.384. The van der Waals surface area contributed by atoms with Crippen LogP contribution in [0.25, 0.3) is 0 Å². The third-order valence-corrected chi connectivity index (χ3v) is 3.44. The molecule has 7 heteroatoms. The van der Waals surface area contributed by atoms with E-state index < -0.39 is 16.5 Å². The fraction of sp³-hybridized carbons (Fsp3) is 0.385. The van der Waals surface area contributed by atoms with Crippen LogP contribution in [0.1, 0.15) is 20.8 Å². The number of non-ortho nitro benzene ring substituents is 1. The number of anilines is 1. The van der Waals surface area contributed by atoms with Gasteiger partial charge in [-0.15, -0.1) is 0 Å². The van der Waals surface area contributed by atoms with Gasteiger partial charge >= 0.3 is 6.03 Å². The SMILES string of the molecule is CCN1C(=O)N(c2cccc([N+](=O)[O-])c2)C(=O)C1(C)C. The van der Waals surface area contributed by atoms with Gasteiger partial charge in [0.25, 0.3) is 11.6 Å². The van der Waals surface area contributed by atoms with Crippen LogP contribution in [0.5, 0.6) is 0 Å². The van der Waals surface area contributed by atoms with Crippen molar-refractivity contribution in [3.8, 4) is 0 Å². The van der Waals surface area contributed by atoms with Gasteiger partial charge in [0.1, 0.15) is 5.54 Å². The van der Waals surface area contributed by atoms with Gasteiger partial charge in [-0.25, -0.2) is 9.69 Å². The second kappa shape index (κ2) is 4.59. The lowest BCUT2D eigenvalue weighted by atomic mass is 10.0. The average molecular weight is 277 g/mol. The second-order valence-electron chi connectivity index (χ2n) is 5.00. The zero-order chi connectivity index (χ0) is 15.1. The number of imide groups is 1.